The first-order valence-electron chi connectivity index (χ1n) is 5.91. The lowest BCUT2D eigenvalue weighted by Crippen LogP contribution is -2.31. The summed E-state index contributed by atoms with van der Waals surface area (Å²) in [4.78, 5) is 0.252. The van der Waals surface area contributed by atoms with E-state index in [9.17, 15) is 8.42 Å². The standard InChI is InChI=1S/C12H20N2O3S/c1-3-10-17-11-4-6-12(7-5-11)18(15,16)14(2)9-8-13/h4-7H,3,8-10,13H2,1-2H3. The van der Waals surface area contributed by atoms with E-state index in [0.717, 1.165) is 6.42 Å². The number of hydrogen-bond donors (Lipinski definition) is 1. The number of sulfonamides is 1. The molecule has 0 spiro atoms. The molecular formula is C12H20N2O3S. The first-order valence-corrected chi connectivity index (χ1v) is 7.35. The molecule has 0 amide bonds. The number of ether oxygens (including phenoxy) is 1. The molecule has 1 rings (SSSR count). The zero-order chi connectivity index (χ0) is 13.6. The quantitative estimate of drug-likeness (QED) is 0.805. The largest absolute Gasteiger partial charge is 0.494 e. The Morgan fingerprint density at radius 2 is 1.89 bits per heavy atom. The van der Waals surface area contributed by atoms with Gasteiger partial charge in [-0.25, -0.2) is 8.42 Å². The van der Waals surface area contributed by atoms with Crippen LogP contribution in [0.3, 0.4) is 0 Å². The maximum absolute atomic E-state index is 12.1. The molecule has 0 saturated carbocycles. The number of benzene rings is 1. The van der Waals surface area contributed by atoms with E-state index in [1.807, 2.05) is 6.92 Å². The Labute approximate surface area is 109 Å². The molecule has 18 heavy (non-hydrogen) atoms. The Hall–Kier alpha value is -1.11. The molecule has 0 aliphatic heterocycles. The summed E-state index contributed by atoms with van der Waals surface area (Å²) in [6.07, 6.45) is 0.916. The zero-order valence-corrected chi connectivity index (χ0v) is 11.6. The van der Waals surface area contributed by atoms with Gasteiger partial charge in [-0.15, -0.1) is 0 Å². The van der Waals surface area contributed by atoms with Gasteiger partial charge in [-0.1, -0.05) is 6.92 Å². The molecule has 0 heterocycles. The van der Waals surface area contributed by atoms with Crippen molar-refractivity contribution in [1.29, 1.82) is 0 Å². The highest BCUT2D eigenvalue weighted by molar-refractivity contribution is 7.89. The molecule has 0 unspecified atom stereocenters. The number of nitrogens with zero attached hydrogens (tertiary/aromatic N) is 1. The van der Waals surface area contributed by atoms with Crippen molar-refractivity contribution in [1.82, 2.24) is 4.31 Å². The summed E-state index contributed by atoms with van der Waals surface area (Å²) in [5, 5.41) is 0. The van der Waals surface area contributed by atoms with Gasteiger partial charge in [0.25, 0.3) is 0 Å². The van der Waals surface area contributed by atoms with Gasteiger partial charge in [-0.3, -0.25) is 0 Å². The monoisotopic (exact) mass is 272 g/mol. The molecular weight excluding hydrogens is 252 g/mol. The Kier molecular flexibility index (Phi) is 5.58. The average molecular weight is 272 g/mol. The highest BCUT2D eigenvalue weighted by atomic mass is 32.2. The molecule has 0 radical (unpaired) electrons. The highest BCUT2D eigenvalue weighted by Gasteiger charge is 2.19. The molecule has 0 bridgehead atoms. The van der Waals surface area contributed by atoms with Gasteiger partial charge in [0.1, 0.15) is 5.75 Å². The van der Waals surface area contributed by atoms with Gasteiger partial charge in [-0.2, -0.15) is 4.31 Å². The summed E-state index contributed by atoms with van der Waals surface area (Å²) in [5.74, 6) is 0.678. The van der Waals surface area contributed by atoms with Gasteiger partial charge in [0.15, 0.2) is 0 Å². The molecule has 2 N–H and O–H groups in total. The van der Waals surface area contributed by atoms with Crippen LogP contribution in [0.15, 0.2) is 29.2 Å². The van der Waals surface area contributed by atoms with E-state index in [0.29, 0.717) is 25.4 Å². The van der Waals surface area contributed by atoms with Crippen LogP contribution in [-0.4, -0.2) is 39.5 Å². The van der Waals surface area contributed by atoms with Crippen molar-refractivity contribution in [3.8, 4) is 5.75 Å². The van der Waals surface area contributed by atoms with Crippen LogP contribution in [0.1, 0.15) is 13.3 Å². The Morgan fingerprint density at radius 1 is 1.28 bits per heavy atom. The van der Waals surface area contributed by atoms with E-state index in [1.54, 1.807) is 24.3 Å². The van der Waals surface area contributed by atoms with Crippen LogP contribution >= 0.6 is 0 Å². The van der Waals surface area contributed by atoms with E-state index < -0.39 is 10.0 Å². The fourth-order valence-corrected chi connectivity index (χ4v) is 2.60. The third-order valence-corrected chi connectivity index (χ3v) is 4.32. The van der Waals surface area contributed by atoms with Crippen LogP contribution in [0.4, 0.5) is 0 Å². The first-order chi connectivity index (χ1) is 8.52. The van der Waals surface area contributed by atoms with Gasteiger partial charge in [0.2, 0.25) is 10.0 Å². The van der Waals surface area contributed by atoms with Crippen LogP contribution in [0.2, 0.25) is 0 Å². The van der Waals surface area contributed by atoms with Crippen molar-refractivity contribution in [2.45, 2.75) is 18.2 Å². The van der Waals surface area contributed by atoms with Gasteiger partial charge >= 0.3 is 0 Å². The molecule has 102 valence electrons. The first kappa shape index (κ1) is 14.9. The molecule has 1 aromatic carbocycles. The molecule has 0 atom stereocenters. The third-order valence-electron chi connectivity index (χ3n) is 2.45. The maximum Gasteiger partial charge on any atom is 0.242 e. The normalized spacial score (nSPS) is 11.8. The van der Waals surface area contributed by atoms with Gasteiger partial charge in [0.05, 0.1) is 11.5 Å². The van der Waals surface area contributed by atoms with E-state index in [-0.39, 0.29) is 4.90 Å². The van der Waals surface area contributed by atoms with Crippen LogP contribution in [0.5, 0.6) is 5.75 Å². The predicted molar refractivity (Wildman–Crippen MR) is 71.1 cm³/mol. The van der Waals surface area contributed by atoms with E-state index >= 15 is 0 Å². The third kappa shape index (κ3) is 3.69. The molecule has 0 saturated heterocycles. The van der Waals surface area contributed by atoms with Crippen molar-refractivity contribution < 1.29 is 13.2 Å². The summed E-state index contributed by atoms with van der Waals surface area (Å²) < 4.78 is 30.8. The minimum Gasteiger partial charge on any atom is -0.494 e. The summed E-state index contributed by atoms with van der Waals surface area (Å²) >= 11 is 0. The number of likely N-dealkylation sites (N-methyl/N-ethyl adjacent to an activating group) is 1. The Balaban J connectivity index is 2.84. The second-order valence-electron chi connectivity index (χ2n) is 3.94. The molecule has 0 aliphatic rings. The second-order valence-corrected chi connectivity index (χ2v) is 5.98. The molecule has 0 fully saturated rings. The highest BCUT2D eigenvalue weighted by Crippen LogP contribution is 2.18. The average Bonchev–Trinajstić information content (AvgIpc) is 2.37. The summed E-state index contributed by atoms with van der Waals surface area (Å²) in [6, 6.07) is 6.43. The predicted octanol–water partition coefficient (Wildman–Crippen LogP) is 1.05. The van der Waals surface area contributed by atoms with Crippen molar-refractivity contribution in [3.63, 3.8) is 0 Å². The fraction of sp³-hybridized carbons (Fsp3) is 0.500. The van der Waals surface area contributed by atoms with Crippen molar-refractivity contribution in [2.75, 3.05) is 26.7 Å². The van der Waals surface area contributed by atoms with Gasteiger partial charge in [0, 0.05) is 20.1 Å². The minimum atomic E-state index is -3.44. The Morgan fingerprint density at radius 3 is 2.39 bits per heavy atom. The summed E-state index contributed by atoms with van der Waals surface area (Å²) in [6.45, 7) is 3.24. The zero-order valence-electron chi connectivity index (χ0n) is 10.8. The molecule has 0 aliphatic carbocycles. The van der Waals surface area contributed by atoms with Crippen molar-refractivity contribution in [3.05, 3.63) is 24.3 Å². The van der Waals surface area contributed by atoms with Crippen LogP contribution in [-0.2, 0) is 10.0 Å². The summed E-state index contributed by atoms with van der Waals surface area (Å²) in [7, 11) is -1.92. The lowest BCUT2D eigenvalue weighted by molar-refractivity contribution is 0.317. The summed E-state index contributed by atoms with van der Waals surface area (Å²) in [5.41, 5.74) is 5.36. The van der Waals surface area contributed by atoms with E-state index in [1.165, 1.54) is 11.4 Å². The lowest BCUT2D eigenvalue weighted by atomic mass is 10.3. The van der Waals surface area contributed by atoms with Crippen LogP contribution in [0, 0.1) is 0 Å². The SMILES string of the molecule is CCCOc1ccc(S(=O)(=O)N(C)CCN)cc1. The van der Waals surface area contributed by atoms with Crippen LogP contribution in [0.25, 0.3) is 0 Å². The fourth-order valence-electron chi connectivity index (χ4n) is 1.41. The maximum atomic E-state index is 12.1. The topological polar surface area (TPSA) is 72.6 Å². The molecule has 0 aromatic heterocycles. The smallest absolute Gasteiger partial charge is 0.242 e. The van der Waals surface area contributed by atoms with Crippen LogP contribution < -0.4 is 10.5 Å². The van der Waals surface area contributed by atoms with Gasteiger partial charge in [-0.05, 0) is 30.7 Å². The minimum absolute atomic E-state index is 0.252. The number of hydrogen-bond acceptors (Lipinski definition) is 4. The lowest BCUT2D eigenvalue weighted by Gasteiger charge is -2.16. The Bertz CT molecular complexity index is 457. The molecule has 6 heteroatoms. The number of rotatable bonds is 7. The molecule has 5 nitrogen and oxygen atoms in total. The van der Waals surface area contributed by atoms with Crippen molar-refractivity contribution >= 4 is 10.0 Å². The number of nitrogens with two attached hydrogens (primary N) is 1. The van der Waals surface area contributed by atoms with Crippen molar-refractivity contribution in [2.24, 2.45) is 5.73 Å². The second kappa shape index (κ2) is 6.72. The van der Waals surface area contributed by atoms with E-state index in [4.69, 9.17) is 10.5 Å². The van der Waals surface area contributed by atoms with Gasteiger partial charge < -0.3 is 10.5 Å². The molecule has 1 aromatic rings. The van der Waals surface area contributed by atoms with E-state index in [2.05, 4.69) is 0 Å².